The van der Waals surface area contributed by atoms with E-state index in [-0.39, 0.29) is 11.9 Å². The smallest absolute Gasteiger partial charge is 0.123 e. The highest BCUT2D eigenvalue weighted by Gasteiger charge is 2.16. The maximum atomic E-state index is 13.3. The molecule has 0 amide bonds. The lowest BCUT2D eigenvalue weighted by Gasteiger charge is -2.16. The van der Waals surface area contributed by atoms with Gasteiger partial charge in [-0.25, -0.2) is 9.37 Å². The largest absolute Gasteiger partial charge is 0.338 e. The van der Waals surface area contributed by atoms with E-state index in [1.165, 1.54) is 10.9 Å². The molecule has 1 unspecified atom stereocenters. The second-order valence-electron chi connectivity index (χ2n) is 5.10. The molecule has 2 aromatic heterocycles. The third-order valence-corrected chi connectivity index (χ3v) is 4.83. The summed E-state index contributed by atoms with van der Waals surface area (Å²) in [6, 6.07) is 7.25. The fourth-order valence-corrected chi connectivity index (χ4v) is 3.62. The van der Waals surface area contributed by atoms with Crippen LogP contribution in [0.3, 0.4) is 0 Å². The number of hydrogen-bond acceptors (Lipinski definition) is 3. The molecule has 3 nitrogen and oxygen atoms in total. The van der Waals surface area contributed by atoms with Gasteiger partial charge in [0.2, 0.25) is 0 Å². The topological polar surface area (TPSA) is 29.9 Å². The van der Waals surface area contributed by atoms with E-state index < -0.39 is 0 Å². The highest BCUT2D eigenvalue weighted by Crippen LogP contribution is 2.31. The zero-order valence-electron chi connectivity index (χ0n) is 12.1. The van der Waals surface area contributed by atoms with Crippen LogP contribution in [0.1, 0.15) is 23.7 Å². The highest BCUT2D eigenvalue weighted by molar-refractivity contribution is 7.19. The molecule has 1 aromatic carbocycles. The fraction of sp³-hybridized carbons (Fsp3) is 0.312. The molecule has 21 heavy (non-hydrogen) atoms. The minimum atomic E-state index is -0.184. The van der Waals surface area contributed by atoms with Gasteiger partial charge in [-0.3, -0.25) is 0 Å². The molecule has 0 spiro atoms. The molecule has 0 aliphatic rings. The lowest BCUT2D eigenvalue weighted by Crippen LogP contribution is -2.23. The molecule has 0 radical (unpaired) electrons. The molecule has 1 N–H and O–H groups in total. The Bertz CT molecular complexity index is 747. The Morgan fingerprint density at radius 3 is 2.95 bits per heavy atom. The Morgan fingerprint density at radius 2 is 2.24 bits per heavy atom. The number of aromatic nitrogens is 2. The summed E-state index contributed by atoms with van der Waals surface area (Å²) in [4.78, 5) is 5.62. The van der Waals surface area contributed by atoms with Crippen LogP contribution in [-0.2, 0) is 13.5 Å². The van der Waals surface area contributed by atoms with Gasteiger partial charge in [0.1, 0.15) is 11.6 Å². The molecule has 0 fully saturated rings. The van der Waals surface area contributed by atoms with Crippen molar-refractivity contribution < 1.29 is 4.39 Å². The summed E-state index contributed by atoms with van der Waals surface area (Å²) in [5.41, 5.74) is 0. The molecule has 2 heterocycles. The van der Waals surface area contributed by atoms with E-state index in [2.05, 4.69) is 23.3 Å². The second-order valence-corrected chi connectivity index (χ2v) is 6.22. The van der Waals surface area contributed by atoms with Gasteiger partial charge in [0.25, 0.3) is 0 Å². The van der Waals surface area contributed by atoms with E-state index in [1.807, 2.05) is 30.1 Å². The number of hydrogen-bond donors (Lipinski definition) is 1. The second kappa shape index (κ2) is 5.95. The number of rotatable bonds is 5. The molecule has 110 valence electrons. The Labute approximate surface area is 127 Å². The summed E-state index contributed by atoms with van der Waals surface area (Å²) in [6.07, 6.45) is 4.60. The number of fused-ring (bicyclic) bond motifs is 1. The predicted molar refractivity (Wildman–Crippen MR) is 85.1 cm³/mol. The van der Waals surface area contributed by atoms with Crippen molar-refractivity contribution in [3.8, 4) is 0 Å². The Morgan fingerprint density at radius 1 is 1.38 bits per heavy atom. The first kappa shape index (κ1) is 14.2. The summed E-state index contributed by atoms with van der Waals surface area (Å²) in [6.45, 7) is 2.98. The van der Waals surface area contributed by atoms with Crippen molar-refractivity contribution in [2.75, 3.05) is 6.54 Å². The maximum absolute atomic E-state index is 13.3. The third kappa shape index (κ3) is 2.99. The molecule has 0 bridgehead atoms. The summed E-state index contributed by atoms with van der Waals surface area (Å²) >= 11 is 1.72. The van der Waals surface area contributed by atoms with Crippen LogP contribution in [0.4, 0.5) is 4.39 Å². The van der Waals surface area contributed by atoms with E-state index in [4.69, 9.17) is 0 Å². The van der Waals surface area contributed by atoms with Crippen molar-refractivity contribution in [1.82, 2.24) is 14.9 Å². The summed E-state index contributed by atoms with van der Waals surface area (Å²) in [5, 5.41) is 4.47. The van der Waals surface area contributed by atoms with E-state index in [9.17, 15) is 4.39 Å². The molecule has 5 heteroatoms. The monoisotopic (exact) mass is 303 g/mol. The number of nitrogens with one attached hydrogen (secondary N) is 1. The maximum Gasteiger partial charge on any atom is 0.123 e. The van der Waals surface area contributed by atoms with E-state index >= 15 is 0 Å². The lowest BCUT2D eigenvalue weighted by atomic mass is 10.1. The molecule has 0 saturated heterocycles. The predicted octanol–water partition coefficient (Wildman–Crippen LogP) is 3.67. The van der Waals surface area contributed by atoms with E-state index in [0.717, 1.165) is 28.9 Å². The van der Waals surface area contributed by atoms with Crippen molar-refractivity contribution in [2.45, 2.75) is 19.4 Å². The minimum absolute atomic E-state index is 0.184. The van der Waals surface area contributed by atoms with Crippen molar-refractivity contribution in [1.29, 1.82) is 0 Å². The van der Waals surface area contributed by atoms with Crippen LogP contribution in [0.15, 0.2) is 36.7 Å². The van der Waals surface area contributed by atoms with Gasteiger partial charge in [-0.1, -0.05) is 6.92 Å². The molecule has 3 aromatic rings. The van der Waals surface area contributed by atoms with Gasteiger partial charge in [-0.15, -0.1) is 11.3 Å². The van der Waals surface area contributed by atoms with Crippen molar-refractivity contribution in [3.05, 3.63) is 53.2 Å². The quantitative estimate of drug-likeness (QED) is 0.779. The number of thiophene rings is 1. The van der Waals surface area contributed by atoms with Crippen LogP contribution in [0.2, 0.25) is 0 Å². The van der Waals surface area contributed by atoms with Crippen molar-refractivity contribution >= 4 is 21.4 Å². The van der Waals surface area contributed by atoms with Crippen LogP contribution >= 0.6 is 11.3 Å². The van der Waals surface area contributed by atoms with Crippen LogP contribution in [0.25, 0.3) is 10.1 Å². The summed E-state index contributed by atoms with van der Waals surface area (Å²) in [5.74, 6) is 0.862. The Hall–Kier alpha value is -1.72. The Kier molecular flexibility index (Phi) is 4.03. The van der Waals surface area contributed by atoms with Crippen LogP contribution in [0.5, 0.6) is 0 Å². The number of halogens is 1. The number of benzene rings is 1. The van der Waals surface area contributed by atoms with Crippen molar-refractivity contribution in [3.63, 3.8) is 0 Å². The fourth-order valence-electron chi connectivity index (χ4n) is 2.50. The van der Waals surface area contributed by atoms with Gasteiger partial charge in [0, 0.05) is 41.5 Å². The van der Waals surface area contributed by atoms with Gasteiger partial charge >= 0.3 is 0 Å². The normalized spacial score (nSPS) is 12.9. The van der Waals surface area contributed by atoms with Gasteiger partial charge in [0.05, 0.1) is 0 Å². The number of likely N-dealkylation sites (N-methyl/N-ethyl adjacent to an activating group) is 1. The van der Waals surface area contributed by atoms with Crippen LogP contribution < -0.4 is 5.32 Å². The standard InChI is InChI=1S/C16H18FN3S/c1-3-18-13(10-16-19-6-7-20(16)2)15-9-11-8-12(17)4-5-14(11)21-15/h4-9,13,18H,3,10H2,1-2H3. The van der Waals surface area contributed by atoms with E-state index in [1.54, 1.807) is 17.4 Å². The Balaban J connectivity index is 1.93. The first-order valence-corrected chi connectivity index (χ1v) is 7.87. The van der Waals surface area contributed by atoms with Gasteiger partial charge in [-0.05, 0) is 36.2 Å². The molecule has 0 aliphatic heterocycles. The minimum Gasteiger partial charge on any atom is -0.338 e. The molecule has 0 saturated carbocycles. The molecular weight excluding hydrogens is 285 g/mol. The summed E-state index contributed by atoms with van der Waals surface area (Å²) in [7, 11) is 2.01. The van der Waals surface area contributed by atoms with Gasteiger partial charge in [0.15, 0.2) is 0 Å². The number of aryl methyl sites for hydroxylation is 1. The van der Waals surface area contributed by atoms with Crippen molar-refractivity contribution in [2.24, 2.45) is 7.05 Å². The highest BCUT2D eigenvalue weighted by atomic mass is 32.1. The molecule has 3 rings (SSSR count). The van der Waals surface area contributed by atoms with E-state index in [0.29, 0.717) is 0 Å². The number of nitrogens with zero attached hydrogens (tertiary/aromatic N) is 2. The lowest BCUT2D eigenvalue weighted by molar-refractivity contribution is 0.536. The molecule has 1 atom stereocenters. The van der Waals surface area contributed by atoms with Gasteiger partial charge < -0.3 is 9.88 Å². The third-order valence-electron chi connectivity index (χ3n) is 3.60. The number of imidazole rings is 1. The average Bonchev–Trinajstić information content (AvgIpc) is 3.04. The first-order valence-electron chi connectivity index (χ1n) is 7.06. The zero-order chi connectivity index (χ0) is 14.8. The average molecular weight is 303 g/mol. The molecule has 0 aliphatic carbocycles. The summed E-state index contributed by atoms with van der Waals surface area (Å²) < 4.78 is 16.5. The van der Waals surface area contributed by atoms with Gasteiger partial charge in [-0.2, -0.15) is 0 Å². The SMILES string of the molecule is CCNC(Cc1nccn1C)c1cc2cc(F)ccc2s1. The first-order chi connectivity index (χ1) is 10.2. The van der Waals surface area contributed by atoms with Crippen LogP contribution in [-0.4, -0.2) is 16.1 Å². The molecular formula is C16H18FN3S. The van der Waals surface area contributed by atoms with Crippen LogP contribution in [0, 0.1) is 5.82 Å². The zero-order valence-corrected chi connectivity index (χ0v) is 13.0.